The minimum atomic E-state index is -4.53. The first-order valence-electron chi connectivity index (χ1n) is 7.81. The largest absolute Gasteiger partial charge is 0.406 e. The molecule has 0 radical (unpaired) electrons. The normalized spacial score (nSPS) is 17.2. The molecular formula is C16H16Cl2F3N3O3. The van der Waals surface area contributed by atoms with Crippen molar-refractivity contribution in [3.63, 3.8) is 0 Å². The van der Waals surface area contributed by atoms with E-state index in [0.717, 1.165) is 4.90 Å². The molecule has 0 aliphatic carbocycles. The van der Waals surface area contributed by atoms with Gasteiger partial charge in [-0.15, -0.1) is 0 Å². The van der Waals surface area contributed by atoms with Crippen molar-refractivity contribution >= 4 is 46.6 Å². The number of hydrogen-bond donors (Lipinski definition) is 1. The van der Waals surface area contributed by atoms with E-state index in [-0.39, 0.29) is 35.2 Å². The molecule has 1 heterocycles. The number of para-hydroxylation sites is 1. The van der Waals surface area contributed by atoms with Gasteiger partial charge in [0.25, 0.3) is 0 Å². The first-order chi connectivity index (χ1) is 12.5. The third-order valence-corrected chi connectivity index (χ3v) is 4.55. The lowest BCUT2D eigenvalue weighted by molar-refractivity contribution is -0.157. The van der Waals surface area contributed by atoms with E-state index in [1.165, 1.54) is 19.2 Å². The van der Waals surface area contributed by atoms with Crippen molar-refractivity contribution in [2.75, 3.05) is 32.0 Å². The highest BCUT2D eigenvalue weighted by molar-refractivity contribution is 6.39. The molecule has 1 fully saturated rings. The van der Waals surface area contributed by atoms with Gasteiger partial charge in [0.2, 0.25) is 17.7 Å². The minimum absolute atomic E-state index is 0.194. The van der Waals surface area contributed by atoms with Crippen LogP contribution in [-0.4, -0.2) is 60.4 Å². The summed E-state index contributed by atoms with van der Waals surface area (Å²) in [6.07, 6.45) is -4.86. The molecule has 27 heavy (non-hydrogen) atoms. The Hall–Kier alpha value is -2.00. The number of likely N-dealkylation sites (tertiary alicyclic amines) is 1. The van der Waals surface area contributed by atoms with Crippen molar-refractivity contribution in [1.29, 1.82) is 0 Å². The van der Waals surface area contributed by atoms with E-state index in [2.05, 4.69) is 5.32 Å². The quantitative estimate of drug-likeness (QED) is 0.788. The topological polar surface area (TPSA) is 69.7 Å². The standard InChI is InChI=1S/C16H16Cl2F3N3O3/c1-23(7-12(25)22-14-10(17)3-2-4-11(14)18)15(27)9-5-13(26)24(6-9)8-16(19,20)21/h2-4,9H,5-8H2,1H3,(H,22,25). The van der Waals surface area contributed by atoms with Gasteiger partial charge < -0.3 is 15.1 Å². The molecule has 0 aromatic heterocycles. The van der Waals surface area contributed by atoms with Crippen molar-refractivity contribution in [3.05, 3.63) is 28.2 Å². The second-order valence-corrected chi connectivity index (χ2v) is 6.94. The van der Waals surface area contributed by atoms with Gasteiger partial charge in [0.05, 0.1) is 28.2 Å². The van der Waals surface area contributed by atoms with Crippen LogP contribution in [0.3, 0.4) is 0 Å². The van der Waals surface area contributed by atoms with Crippen molar-refractivity contribution in [3.8, 4) is 0 Å². The van der Waals surface area contributed by atoms with E-state index in [9.17, 15) is 27.6 Å². The van der Waals surface area contributed by atoms with E-state index in [4.69, 9.17) is 23.2 Å². The number of rotatable bonds is 5. The van der Waals surface area contributed by atoms with Crippen LogP contribution in [0.25, 0.3) is 0 Å². The number of anilines is 1. The molecule has 1 atom stereocenters. The predicted octanol–water partition coefficient (Wildman–Crippen LogP) is 2.80. The molecule has 1 aromatic rings. The van der Waals surface area contributed by atoms with E-state index in [1.807, 2.05) is 0 Å². The van der Waals surface area contributed by atoms with Gasteiger partial charge in [-0.2, -0.15) is 13.2 Å². The van der Waals surface area contributed by atoms with E-state index < -0.39 is 36.4 Å². The molecule has 1 N–H and O–H groups in total. The monoisotopic (exact) mass is 425 g/mol. The van der Waals surface area contributed by atoms with Crippen molar-refractivity contribution in [2.24, 2.45) is 5.92 Å². The SMILES string of the molecule is CN(CC(=O)Nc1c(Cl)cccc1Cl)C(=O)C1CC(=O)N(CC(F)(F)F)C1. The highest BCUT2D eigenvalue weighted by Gasteiger charge is 2.41. The van der Waals surface area contributed by atoms with Crippen LogP contribution < -0.4 is 5.32 Å². The summed E-state index contributed by atoms with van der Waals surface area (Å²) in [6, 6.07) is 4.65. The maximum atomic E-state index is 12.4. The Labute approximate surface area is 163 Å². The van der Waals surface area contributed by atoms with Gasteiger partial charge in [0, 0.05) is 20.0 Å². The summed E-state index contributed by atoms with van der Waals surface area (Å²) in [5.74, 6) is -2.85. The van der Waals surface area contributed by atoms with Crippen LogP contribution in [0.15, 0.2) is 18.2 Å². The number of nitrogens with one attached hydrogen (secondary N) is 1. The Morgan fingerprint density at radius 2 is 1.89 bits per heavy atom. The van der Waals surface area contributed by atoms with Crippen LogP contribution in [0.1, 0.15) is 6.42 Å². The van der Waals surface area contributed by atoms with Crippen molar-refractivity contribution in [1.82, 2.24) is 9.80 Å². The lowest BCUT2D eigenvalue weighted by Crippen LogP contribution is -2.40. The van der Waals surface area contributed by atoms with Crippen molar-refractivity contribution in [2.45, 2.75) is 12.6 Å². The Bertz CT molecular complexity index is 738. The summed E-state index contributed by atoms with van der Waals surface area (Å²) in [7, 11) is 1.33. The summed E-state index contributed by atoms with van der Waals surface area (Å²) in [5.41, 5.74) is 0.194. The number of alkyl halides is 3. The molecule has 1 unspecified atom stereocenters. The number of likely N-dealkylation sites (N-methyl/N-ethyl adjacent to an activating group) is 1. The maximum Gasteiger partial charge on any atom is 0.406 e. The van der Waals surface area contributed by atoms with E-state index in [1.54, 1.807) is 6.07 Å². The Kier molecular flexibility index (Phi) is 6.59. The van der Waals surface area contributed by atoms with Gasteiger partial charge in [-0.05, 0) is 12.1 Å². The fraction of sp³-hybridized carbons (Fsp3) is 0.438. The maximum absolute atomic E-state index is 12.4. The van der Waals surface area contributed by atoms with Crippen LogP contribution in [0, 0.1) is 5.92 Å². The fourth-order valence-corrected chi connectivity index (χ4v) is 3.20. The zero-order valence-electron chi connectivity index (χ0n) is 14.1. The first-order valence-corrected chi connectivity index (χ1v) is 8.57. The van der Waals surface area contributed by atoms with Crippen LogP contribution >= 0.6 is 23.2 Å². The molecule has 148 valence electrons. The number of nitrogens with zero attached hydrogens (tertiary/aromatic N) is 2. The molecule has 0 bridgehead atoms. The summed E-state index contributed by atoms with van der Waals surface area (Å²) < 4.78 is 37.3. The van der Waals surface area contributed by atoms with Gasteiger partial charge in [-0.1, -0.05) is 29.3 Å². The van der Waals surface area contributed by atoms with Gasteiger partial charge in [-0.25, -0.2) is 0 Å². The Morgan fingerprint density at radius 3 is 2.44 bits per heavy atom. The lowest BCUT2D eigenvalue weighted by Gasteiger charge is -2.22. The molecule has 11 heteroatoms. The zero-order valence-corrected chi connectivity index (χ0v) is 15.7. The molecule has 1 aromatic carbocycles. The molecule has 1 aliphatic heterocycles. The molecule has 1 aliphatic rings. The van der Waals surface area contributed by atoms with Gasteiger partial charge >= 0.3 is 6.18 Å². The van der Waals surface area contributed by atoms with Crippen LogP contribution in [0.5, 0.6) is 0 Å². The first kappa shape index (κ1) is 21.3. The molecular weight excluding hydrogens is 410 g/mol. The summed E-state index contributed by atoms with van der Waals surface area (Å²) in [4.78, 5) is 37.8. The average Bonchev–Trinajstić information content (AvgIpc) is 2.89. The van der Waals surface area contributed by atoms with Gasteiger partial charge in [0.15, 0.2) is 0 Å². The van der Waals surface area contributed by atoms with Crippen LogP contribution in [-0.2, 0) is 14.4 Å². The number of carbonyl (C=O) groups excluding carboxylic acids is 3. The molecule has 1 saturated heterocycles. The number of carbonyl (C=O) groups is 3. The summed E-state index contributed by atoms with van der Waals surface area (Å²) in [6.45, 7) is -2.10. The van der Waals surface area contributed by atoms with E-state index in [0.29, 0.717) is 4.90 Å². The summed E-state index contributed by atoms with van der Waals surface area (Å²) in [5, 5.41) is 2.91. The molecule has 2 rings (SSSR count). The number of amides is 3. The average molecular weight is 426 g/mol. The van der Waals surface area contributed by atoms with Gasteiger partial charge in [-0.3, -0.25) is 14.4 Å². The third kappa shape index (κ3) is 5.74. The number of benzene rings is 1. The molecule has 0 spiro atoms. The molecule has 6 nitrogen and oxygen atoms in total. The highest BCUT2D eigenvalue weighted by atomic mass is 35.5. The minimum Gasteiger partial charge on any atom is -0.336 e. The second-order valence-electron chi connectivity index (χ2n) is 6.13. The van der Waals surface area contributed by atoms with Crippen molar-refractivity contribution < 1.29 is 27.6 Å². The second kappa shape index (κ2) is 8.35. The predicted molar refractivity (Wildman–Crippen MR) is 93.5 cm³/mol. The molecule has 3 amide bonds. The zero-order chi connectivity index (χ0) is 20.4. The number of halogens is 5. The molecule has 0 saturated carbocycles. The summed E-state index contributed by atoms with van der Waals surface area (Å²) >= 11 is 11.9. The lowest BCUT2D eigenvalue weighted by atomic mass is 10.1. The van der Waals surface area contributed by atoms with Gasteiger partial charge in [0.1, 0.15) is 6.54 Å². The number of hydrogen-bond acceptors (Lipinski definition) is 3. The van der Waals surface area contributed by atoms with E-state index >= 15 is 0 Å². The third-order valence-electron chi connectivity index (χ3n) is 3.92. The van der Waals surface area contributed by atoms with Crippen LogP contribution in [0.4, 0.5) is 18.9 Å². The fourth-order valence-electron chi connectivity index (χ4n) is 2.71. The Morgan fingerprint density at radius 1 is 1.30 bits per heavy atom. The van der Waals surface area contributed by atoms with Crippen LogP contribution in [0.2, 0.25) is 10.0 Å². The smallest absolute Gasteiger partial charge is 0.336 e. The highest BCUT2D eigenvalue weighted by Crippen LogP contribution is 2.30. The Balaban J connectivity index is 1.94.